The van der Waals surface area contributed by atoms with Crippen molar-refractivity contribution in [2.75, 3.05) is 25.0 Å². The van der Waals surface area contributed by atoms with Crippen LogP contribution in [0.15, 0.2) is 24.3 Å². The minimum absolute atomic E-state index is 0.159. The second-order valence-electron chi connectivity index (χ2n) is 4.36. The monoisotopic (exact) mass is 248 g/mol. The Kier molecular flexibility index (Phi) is 3.23. The van der Waals surface area contributed by atoms with E-state index in [0.717, 1.165) is 0 Å². The molecule has 0 radical (unpaired) electrons. The summed E-state index contributed by atoms with van der Waals surface area (Å²) >= 11 is 0. The maximum atomic E-state index is 12.2. The Hall–Kier alpha value is -2.04. The van der Waals surface area contributed by atoms with Gasteiger partial charge in [-0.2, -0.15) is 0 Å². The average molecular weight is 248 g/mol. The van der Waals surface area contributed by atoms with Gasteiger partial charge >= 0.3 is 12.0 Å². The number of amides is 2. The van der Waals surface area contributed by atoms with Crippen LogP contribution >= 0.6 is 0 Å². The van der Waals surface area contributed by atoms with E-state index in [1.165, 1.54) is 4.90 Å². The molecule has 0 spiro atoms. The third-order valence-electron chi connectivity index (χ3n) is 3.30. The van der Waals surface area contributed by atoms with Gasteiger partial charge in [0.25, 0.3) is 0 Å². The molecule has 96 valence electrons. The minimum Gasteiger partial charge on any atom is -0.481 e. The van der Waals surface area contributed by atoms with Crippen LogP contribution in [-0.2, 0) is 4.79 Å². The molecule has 1 unspecified atom stereocenters. The number of carbonyl (C=O) groups excluding carboxylic acids is 1. The van der Waals surface area contributed by atoms with Gasteiger partial charge in [-0.3, -0.25) is 9.69 Å². The van der Waals surface area contributed by atoms with Gasteiger partial charge < -0.3 is 10.0 Å². The van der Waals surface area contributed by atoms with E-state index in [4.69, 9.17) is 0 Å². The molecular weight excluding hydrogens is 232 g/mol. The van der Waals surface area contributed by atoms with Crippen molar-refractivity contribution in [2.24, 2.45) is 0 Å². The van der Waals surface area contributed by atoms with Crippen LogP contribution in [0, 0.1) is 0 Å². The third-order valence-corrected chi connectivity index (χ3v) is 3.30. The van der Waals surface area contributed by atoms with Gasteiger partial charge in [-0.1, -0.05) is 18.2 Å². The van der Waals surface area contributed by atoms with Gasteiger partial charge in [-0.15, -0.1) is 0 Å². The molecule has 0 aliphatic carbocycles. The molecular formula is C13H16N2O3. The highest BCUT2D eigenvalue weighted by Crippen LogP contribution is 2.36. The molecule has 1 atom stereocenters. The molecule has 2 rings (SSSR count). The van der Waals surface area contributed by atoms with Crippen LogP contribution in [0.2, 0.25) is 0 Å². The Balaban J connectivity index is 2.37. The first-order valence-electron chi connectivity index (χ1n) is 5.90. The molecule has 0 saturated heterocycles. The Bertz CT molecular complexity index is 487. The van der Waals surface area contributed by atoms with Crippen LogP contribution in [0.1, 0.15) is 18.4 Å². The maximum Gasteiger partial charge on any atom is 0.324 e. The molecule has 0 bridgehead atoms. The Morgan fingerprint density at radius 2 is 2.11 bits per heavy atom. The summed E-state index contributed by atoms with van der Waals surface area (Å²) in [5.74, 6) is -1.52. The first-order valence-corrected chi connectivity index (χ1v) is 5.90. The number of carboxylic acid groups (broad SMARTS) is 1. The van der Waals surface area contributed by atoms with Crippen LogP contribution in [0.25, 0.3) is 0 Å². The molecule has 1 N–H and O–H groups in total. The number of aliphatic carboxylic acids is 1. The van der Waals surface area contributed by atoms with E-state index in [2.05, 4.69) is 0 Å². The SMILES string of the molecule is CCN(C)C(=O)N1CC(C(=O)O)c2ccccc21. The first-order chi connectivity index (χ1) is 8.56. The fourth-order valence-electron chi connectivity index (χ4n) is 2.14. The first kappa shape index (κ1) is 12.4. The minimum atomic E-state index is -0.892. The second kappa shape index (κ2) is 4.68. The van der Waals surface area contributed by atoms with E-state index in [0.29, 0.717) is 17.8 Å². The fraction of sp³-hybridized carbons (Fsp3) is 0.385. The molecule has 1 heterocycles. The quantitative estimate of drug-likeness (QED) is 0.867. The third kappa shape index (κ3) is 1.92. The highest BCUT2D eigenvalue weighted by molar-refractivity contribution is 5.97. The lowest BCUT2D eigenvalue weighted by Crippen LogP contribution is -2.41. The molecule has 0 saturated carbocycles. The van der Waals surface area contributed by atoms with Gasteiger partial charge in [-0.25, -0.2) is 4.79 Å². The molecule has 5 heteroatoms. The summed E-state index contributed by atoms with van der Waals surface area (Å²) in [5, 5.41) is 9.20. The van der Waals surface area contributed by atoms with Crippen LogP contribution in [0.4, 0.5) is 10.5 Å². The van der Waals surface area contributed by atoms with E-state index < -0.39 is 11.9 Å². The van der Waals surface area contributed by atoms with Crippen molar-refractivity contribution in [1.29, 1.82) is 0 Å². The van der Waals surface area contributed by atoms with Gasteiger partial charge in [0.15, 0.2) is 0 Å². The number of hydrogen-bond donors (Lipinski definition) is 1. The summed E-state index contributed by atoms with van der Waals surface area (Å²) in [6.07, 6.45) is 0. The van der Waals surface area contributed by atoms with Crippen LogP contribution in [-0.4, -0.2) is 42.1 Å². The van der Waals surface area contributed by atoms with E-state index >= 15 is 0 Å². The van der Waals surface area contributed by atoms with Crippen molar-refractivity contribution >= 4 is 17.7 Å². The number of nitrogens with zero attached hydrogens (tertiary/aromatic N) is 2. The second-order valence-corrected chi connectivity index (χ2v) is 4.36. The molecule has 18 heavy (non-hydrogen) atoms. The van der Waals surface area contributed by atoms with Crippen molar-refractivity contribution in [3.63, 3.8) is 0 Å². The van der Waals surface area contributed by atoms with Gasteiger partial charge in [0.1, 0.15) is 5.92 Å². The number of fused-ring (bicyclic) bond motifs is 1. The molecule has 2 amide bonds. The van der Waals surface area contributed by atoms with Gasteiger partial charge in [0.2, 0.25) is 0 Å². The Morgan fingerprint density at radius 3 is 2.72 bits per heavy atom. The number of urea groups is 1. The number of anilines is 1. The molecule has 1 aliphatic rings. The summed E-state index contributed by atoms with van der Waals surface area (Å²) in [4.78, 5) is 26.5. The highest BCUT2D eigenvalue weighted by Gasteiger charge is 2.37. The zero-order valence-corrected chi connectivity index (χ0v) is 10.5. The number of rotatable bonds is 2. The summed E-state index contributed by atoms with van der Waals surface area (Å²) < 4.78 is 0. The number of benzene rings is 1. The van der Waals surface area contributed by atoms with E-state index in [-0.39, 0.29) is 12.6 Å². The van der Waals surface area contributed by atoms with E-state index in [9.17, 15) is 14.7 Å². The number of carboxylic acids is 1. The van der Waals surface area contributed by atoms with Gasteiger partial charge in [-0.05, 0) is 18.6 Å². The summed E-state index contributed by atoms with van der Waals surface area (Å²) in [6.45, 7) is 2.68. The van der Waals surface area contributed by atoms with Crippen molar-refractivity contribution < 1.29 is 14.7 Å². The Morgan fingerprint density at radius 1 is 1.44 bits per heavy atom. The lowest BCUT2D eigenvalue weighted by Gasteiger charge is -2.24. The zero-order valence-electron chi connectivity index (χ0n) is 10.5. The zero-order chi connectivity index (χ0) is 13.3. The summed E-state index contributed by atoms with van der Waals surface area (Å²) in [5.41, 5.74) is 1.41. The molecule has 5 nitrogen and oxygen atoms in total. The van der Waals surface area contributed by atoms with Crippen LogP contribution in [0.3, 0.4) is 0 Å². The van der Waals surface area contributed by atoms with Gasteiger partial charge in [0.05, 0.1) is 0 Å². The van der Waals surface area contributed by atoms with Crippen molar-refractivity contribution in [3.05, 3.63) is 29.8 Å². The van der Waals surface area contributed by atoms with E-state index in [1.54, 1.807) is 30.1 Å². The fourth-order valence-corrected chi connectivity index (χ4v) is 2.14. The van der Waals surface area contributed by atoms with Crippen molar-refractivity contribution in [2.45, 2.75) is 12.8 Å². The van der Waals surface area contributed by atoms with Crippen molar-refractivity contribution in [3.8, 4) is 0 Å². The van der Waals surface area contributed by atoms with Crippen LogP contribution < -0.4 is 4.90 Å². The average Bonchev–Trinajstić information content (AvgIpc) is 2.76. The lowest BCUT2D eigenvalue weighted by atomic mass is 10.0. The molecule has 1 aliphatic heterocycles. The summed E-state index contributed by atoms with van der Waals surface area (Å²) in [6, 6.07) is 7.02. The van der Waals surface area contributed by atoms with Crippen molar-refractivity contribution in [1.82, 2.24) is 4.90 Å². The predicted octanol–water partition coefficient (Wildman–Crippen LogP) is 1.75. The standard InChI is InChI=1S/C13H16N2O3/c1-3-14(2)13(18)15-8-10(12(16)17)9-6-4-5-7-11(9)15/h4-7,10H,3,8H2,1-2H3,(H,16,17). The maximum absolute atomic E-state index is 12.2. The van der Waals surface area contributed by atoms with E-state index in [1.807, 2.05) is 13.0 Å². The number of carbonyl (C=O) groups is 2. The highest BCUT2D eigenvalue weighted by atomic mass is 16.4. The topological polar surface area (TPSA) is 60.9 Å². The summed E-state index contributed by atoms with van der Waals surface area (Å²) in [7, 11) is 1.71. The smallest absolute Gasteiger partial charge is 0.324 e. The largest absolute Gasteiger partial charge is 0.481 e. The van der Waals surface area contributed by atoms with Gasteiger partial charge in [0, 0.05) is 25.8 Å². The predicted molar refractivity (Wildman–Crippen MR) is 67.9 cm³/mol. The molecule has 0 aromatic heterocycles. The molecule has 1 aromatic rings. The lowest BCUT2D eigenvalue weighted by molar-refractivity contribution is -0.138. The molecule has 1 aromatic carbocycles. The number of hydrogen-bond acceptors (Lipinski definition) is 2. The molecule has 0 fully saturated rings. The Labute approximate surface area is 106 Å². The normalized spacial score (nSPS) is 17.4. The number of para-hydroxylation sites is 1. The van der Waals surface area contributed by atoms with Crippen LogP contribution in [0.5, 0.6) is 0 Å².